The lowest BCUT2D eigenvalue weighted by Crippen LogP contribution is -2.15. The second-order valence-electron chi connectivity index (χ2n) is 4.45. The highest BCUT2D eigenvalue weighted by Gasteiger charge is 2.33. The summed E-state index contributed by atoms with van der Waals surface area (Å²) < 4.78 is 5.24. The number of ketones is 1. The molecule has 0 amide bonds. The molecule has 0 heterocycles. The van der Waals surface area contributed by atoms with E-state index in [1.54, 1.807) is 30.3 Å². The summed E-state index contributed by atoms with van der Waals surface area (Å²) in [5, 5.41) is 19.4. The van der Waals surface area contributed by atoms with Crippen molar-refractivity contribution in [2.24, 2.45) is 5.92 Å². The average Bonchev–Trinajstić information content (AvgIpc) is 2.62. The molecule has 1 saturated carbocycles. The van der Waals surface area contributed by atoms with Gasteiger partial charge < -0.3 is 14.9 Å². The molecule has 0 aromatic heterocycles. The topological polar surface area (TPSA) is 66.8 Å². The molecular weight excluding hydrogens is 244 g/mol. The molecule has 4 nitrogen and oxygen atoms in total. The number of para-hydroxylation sites is 1. The molecule has 0 aliphatic heterocycles. The molecule has 0 saturated heterocycles. The zero-order valence-corrected chi connectivity index (χ0v) is 10.4. The van der Waals surface area contributed by atoms with Gasteiger partial charge >= 0.3 is 0 Å². The second kappa shape index (κ2) is 5.82. The van der Waals surface area contributed by atoms with E-state index in [-0.39, 0.29) is 12.2 Å². The smallest absolute Gasteiger partial charge is 0.217 e. The predicted octanol–water partition coefficient (Wildman–Crippen LogP) is 1.45. The van der Waals surface area contributed by atoms with E-state index in [1.807, 2.05) is 6.07 Å². The van der Waals surface area contributed by atoms with Crippen molar-refractivity contribution in [2.45, 2.75) is 18.8 Å². The molecule has 19 heavy (non-hydrogen) atoms. The Bertz CT molecular complexity index is 492. The molecule has 4 heteroatoms. The van der Waals surface area contributed by atoms with E-state index < -0.39 is 18.3 Å². The van der Waals surface area contributed by atoms with Crippen molar-refractivity contribution < 1.29 is 19.7 Å². The second-order valence-corrected chi connectivity index (χ2v) is 4.45. The third kappa shape index (κ3) is 3.30. The van der Waals surface area contributed by atoms with Crippen molar-refractivity contribution in [3.8, 4) is 5.75 Å². The van der Waals surface area contributed by atoms with Crippen LogP contribution in [0.15, 0.2) is 54.6 Å². The summed E-state index contributed by atoms with van der Waals surface area (Å²) in [5.41, 5.74) is 0.371. The molecule has 1 aliphatic carbocycles. The number of aliphatic hydroxyl groups excluding tert-OH is 2. The SMILES string of the molecule is C=C1C(=O)C[C@@H](O)[C@@H]1C=C[C@@H](O)Oc1ccccc1. The summed E-state index contributed by atoms with van der Waals surface area (Å²) in [5.74, 6) is -0.0383. The van der Waals surface area contributed by atoms with E-state index >= 15 is 0 Å². The lowest BCUT2D eigenvalue weighted by atomic mass is 10.0. The van der Waals surface area contributed by atoms with Crippen molar-refractivity contribution in [2.75, 3.05) is 0 Å². The Hall–Kier alpha value is -1.91. The Morgan fingerprint density at radius 3 is 2.63 bits per heavy atom. The van der Waals surface area contributed by atoms with Crippen LogP contribution < -0.4 is 4.74 Å². The summed E-state index contributed by atoms with van der Waals surface area (Å²) in [4.78, 5) is 11.3. The van der Waals surface area contributed by atoms with Crippen molar-refractivity contribution in [1.29, 1.82) is 0 Å². The minimum atomic E-state index is -1.13. The quantitative estimate of drug-likeness (QED) is 0.488. The summed E-state index contributed by atoms with van der Waals surface area (Å²) in [6, 6.07) is 8.90. The van der Waals surface area contributed by atoms with Gasteiger partial charge in [-0.2, -0.15) is 0 Å². The maximum Gasteiger partial charge on any atom is 0.217 e. The summed E-state index contributed by atoms with van der Waals surface area (Å²) >= 11 is 0. The number of hydrogen-bond acceptors (Lipinski definition) is 4. The van der Waals surface area contributed by atoms with Crippen LogP contribution in [0.2, 0.25) is 0 Å². The van der Waals surface area contributed by atoms with Crippen LogP contribution in [-0.4, -0.2) is 28.4 Å². The van der Waals surface area contributed by atoms with E-state index in [9.17, 15) is 15.0 Å². The molecule has 1 aliphatic rings. The number of rotatable bonds is 4. The molecule has 0 radical (unpaired) electrons. The molecule has 1 aromatic rings. The van der Waals surface area contributed by atoms with E-state index in [1.165, 1.54) is 6.08 Å². The van der Waals surface area contributed by atoms with Gasteiger partial charge in [-0.25, -0.2) is 0 Å². The van der Waals surface area contributed by atoms with Crippen molar-refractivity contribution in [1.82, 2.24) is 0 Å². The maximum atomic E-state index is 11.3. The van der Waals surface area contributed by atoms with Gasteiger partial charge in [-0.1, -0.05) is 30.9 Å². The van der Waals surface area contributed by atoms with Gasteiger partial charge in [-0.3, -0.25) is 4.79 Å². The Morgan fingerprint density at radius 1 is 1.37 bits per heavy atom. The Kier molecular flexibility index (Phi) is 4.14. The van der Waals surface area contributed by atoms with Crippen LogP contribution in [0.1, 0.15) is 6.42 Å². The fraction of sp³-hybridized carbons (Fsp3) is 0.267. The lowest BCUT2D eigenvalue weighted by Gasteiger charge is -2.12. The summed E-state index contributed by atoms with van der Waals surface area (Å²) in [7, 11) is 0. The van der Waals surface area contributed by atoms with Crippen LogP contribution in [0, 0.1) is 5.92 Å². The van der Waals surface area contributed by atoms with Gasteiger partial charge in [0.1, 0.15) is 5.75 Å². The van der Waals surface area contributed by atoms with Crippen LogP contribution in [0.25, 0.3) is 0 Å². The summed E-state index contributed by atoms with van der Waals surface area (Å²) in [6.45, 7) is 3.65. The highest BCUT2D eigenvalue weighted by atomic mass is 16.6. The third-order valence-corrected chi connectivity index (χ3v) is 3.05. The number of ether oxygens (including phenoxy) is 1. The van der Waals surface area contributed by atoms with Crippen molar-refractivity contribution in [3.63, 3.8) is 0 Å². The predicted molar refractivity (Wildman–Crippen MR) is 70.5 cm³/mol. The van der Waals surface area contributed by atoms with E-state index in [0.29, 0.717) is 11.3 Å². The molecule has 0 unspecified atom stereocenters. The molecule has 1 aromatic carbocycles. The van der Waals surface area contributed by atoms with Gasteiger partial charge in [0.05, 0.1) is 6.10 Å². The zero-order chi connectivity index (χ0) is 13.8. The molecule has 3 atom stereocenters. The van der Waals surface area contributed by atoms with Crippen LogP contribution in [0.4, 0.5) is 0 Å². The Balaban J connectivity index is 1.95. The number of carbonyl (C=O) groups excluding carboxylic acids is 1. The minimum Gasteiger partial charge on any atom is -0.461 e. The zero-order valence-electron chi connectivity index (χ0n) is 10.4. The first-order chi connectivity index (χ1) is 9.08. The van der Waals surface area contributed by atoms with Gasteiger partial charge in [0.25, 0.3) is 0 Å². The molecule has 0 bridgehead atoms. The first-order valence-corrected chi connectivity index (χ1v) is 6.06. The highest BCUT2D eigenvalue weighted by Crippen LogP contribution is 2.28. The number of aliphatic hydroxyl groups is 2. The van der Waals surface area contributed by atoms with Crippen molar-refractivity contribution in [3.05, 3.63) is 54.6 Å². The number of carbonyl (C=O) groups is 1. The normalized spacial score (nSPS) is 24.9. The largest absolute Gasteiger partial charge is 0.461 e. The van der Waals surface area contributed by atoms with E-state index in [0.717, 1.165) is 0 Å². The molecule has 100 valence electrons. The molecule has 2 N–H and O–H groups in total. The average molecular weight is 260 g/mol. The van der Waals surface area contributed by atoms with Crippen molar-refractivity contribution >= 4 is 5.78 Å². The molecule has 2 rings (SSSR count). The van der Waals surface area contributed by atoms with Crippen LogP contribution in [0.3, 0.4) is 0 Å². The first kappa shape index (κ1) is 13.5. The fourth-order valence-electron chi connectivity index (χ4n) is 2.00. The maximum absolute atomic E-state index is 11.3. The number of hydrogen-bond donors (Lipinski definition) is 2. The van der Waals surface area contributed by atoms with Gasteiger partial charge in [0.2, 0.25) is 6.29 Å². The van der Waals surface area contributed by atoms with Gasteiger partial charge in [-0.15, -0.1) is 0 Å². The van der Waals surface area contributed by atoms with E-state index in [2.05, 4.69) is 6.58 Å². The number of benzene rings is 1. The van der Waals surface area contributed by atoms with E-state index in [4.69, 9.17) is 4.74 Å². The lowest BCUT2D eigenvalue weighted by molar-refractivity contribution is -0.115. The Labute approximate surface area is 111 Å². The van der Waals surface area contributed by atoms with Crippen LogP contribution >= 0.6 is 0 Å². The van der Waals surface area contributed by atoms with Gasteiger partial charge in [0.15, 0.2) is 5.78 Å². The molecular formula is C15H16O4. The minimum absolute atomic E-state index is 0.0868. The number of Topliss-reactive ketones (excluding diaryl/α,β-unsaturated/α-hetero) is 1. The summed E-state index contributed by atoms with van der Waals surface area (Å²) in [6.07, 6.45) is 1.16. The molecule has 1 fully saturated rings. The fourth-order valence-corrected chi connectivity index (χ4v) is 2.00. The highest BCUT2D eigenvalue weighted by molar-refractivity contribution is 5.98. The van der Waals surface area contributed by atoms with Crippen LogP contribution in [0.5, 0.6) is 5.75 Å². The Morgan fingerprint density at radius 2 is 2.05 bits per heavy atom. The first-order valence-electron chi connectivity index (χ1n) is 6.06. The van der Waals surface area contributed by atoms with Crippen LogP contribution in [-0.2, 0) is 4.79 Å². The molecule has 0 spiro atoms. The monoisotopic (exact) mass is 260 g/mol. The third-order valence-electron chi connectivity index (χ3n) is 3.05. The van der Waals surface area contributed by atoms with Gasteiger partial charge in [0, 0.05) is 12.3 Å². The van der Waals surface area contributed by atoms with Gasteiger partial charge in [-0.05, 0) is 23.8 Å². The standard InChI is InChI=1S/C15H16O4/c1-10-12(14(17)9-13(10)16)7-8-15(18)19-11-5-3-2-4-6-11/h2-8,12,14-15,17-18H,1,9H2/t12-,14-,15+/m1/s1.